The van der Waals surface area contributed by atoms with Gasteiger partial charge < -0.3 is 5.73 Å². The van der Waals surface area contributed by atoms with E-state index in [1.165, 1.54) is 44.2 Å². The summed E-state index contributed by atoms with van der Waals surface area (Å²) in [5.41, 5.74) is 7.91. The molecule has 1 aromatic rings. The molecule has 0 amide bonds. The Bertz CT molecular complexity index is 368. The van der Waals surface area contributed by atoms with Crippen LogP contribution in [0.15, 0.2) is 11.4 Å². The highest BCUT2D eigenvalue weighted by atomic mass is 32.1. The first-order valence-electron chi connectivity index (χ1n) is 7.26. The molecule has 2 N–H and O–H groups in total. The van der Waals surface area contributed by atoms with E-state index in [4.69, 9.17) is 5.73 Å². The number of rotatable bonds is 6. The molecule has 2 nitrogen and oxygen atoms in total. The van der Waals surface area contributed by atoms with E-state index >= 15 is 0 Å². The van der Waals surface area contributed by atoms with Crippen LogP contribution in [0.2, 0.25) is 0 Å². The third-order valence-corrected chi connectivity index (χ3v) is 5.54. The lowest BCUT2D eigenvalue weighted by Gasteiger charge is -2.45. The van der Waals surface area contributed by atoms with Gasteiger partial charge in [0.05, 0.1) is 0 Å². The molecule has 1 atom stereocenters. The quantitative estimate of drug-likeness (QED) is 0.855. The monoisotopic (exact) mass is 266 g/mol. The molecule has 0 fully saturated rings. The second-order valence-electron chi connectivity index (χ2n) is 5.43. The van der Waals surface area contributed by atoms with E-state index in [0.717, 1.165) is 13.1 Å². The van der Waals surface area contributed by atoms with Crippen molar-refractivity contribution in [2.75, 3.05) is 13.1 Å². The van der Waals surface area contributed by atoms with Crippen molar-refractivity contribution in [1.29, 1.82) is 0 Å². The highest BCUT2D eigenvalue weighted by Gasteiger charge is 2.35. The van der Waals surface area contributed by atoms with Crippen LogP contribution in [0, 0.1) is 0 Å². The molecule has 2 rings (SSSR count). The van der Waals surface area contributed by atoms with Crippen LogP contribution in [0.25, 0.3) is 0 Å². The topological polar surface area (TPSA) is 29.3 Å². The molecule has 0 aromatic carbocycles. The highest BCUT2D eigenvalue weighted by molar-refractivity contribution is 7.10. The molecule has 3 heteroatoms. The summed E-state index contributed by atoms with van der Waals surface area (Å²) in [5.74, 6) is 0. The van der Waals surface area contributed by atoms with Gasteiger partial charge in [-0.05, 0) is 36.3 Å². The van der Waals surface area contributed by atoms with Crippen LogP contribution >= 0.6 is 11.3 Å². The van der Waals surface area contributed by atoms with E-state index < -0.39 is 0 Å². The summed E-state index contributed by atoms with van der Waals surface area (Å²) in [6.45, 7) is 7.65. The van der Waals surface area contributed by atoms with Gasteiger partial charge >= 0.3 is 0 Å². The van der Waals surface area contributed by atoms with E-state index in [2.05, 4.69) is 30.2 Å². The fourth-order valence-electron chi connectivity index (χ4n) is 3.09. The van der Waals surface area contributed by atoms with E-state index in [-0.39, 0.29) is 5.54 Å². The Morgan fingerprint density at radius 1 is 1.44 bits per heavy atom. The van der Waals surface area contributed by atoms with Gasteiger partial charge in [0.1, 0.15) is 0 Å². The summed E-state index contributed by atoms with van der Waals surface area (Å²) in [6, 6.07) is 2.29. The van der Waals surface area contributed by atoms with Crippen molar-refractivity contribution in [2.24, 2.45) is 5.73 Å². The standard InChI is InChI=1S/C15H26N2S/c1-3-5-8-15(4-2,12-16)17-9-6-14-13(11-17)7-10-18-14/h7,10H,3-6,8-9,11-12,16H2,1-2H3. The van der Waals surface area contributed by atoms with Crippen LogP contribution in [0.5, 0.6) is 0 Å². The summed E-state index contributed by atoms with van der Waals surface area (Å²) in [5, 5.41) is 2.23. The van der Waals surface area contributed by atoms with Crippen molar-refractivity contribution in [3.8, 4) is 0 Å². The maximum atomic E-state index is 6.15. The van der Waals surface area contributed by atoms with Gasteiger partial charge in [-0.2, -0.15) is 0 Å². The van der Waals surface area contributed by atoms with E-state index in [9.17, 15) is 0 Å². The maximum absolute atomic E-state index is 6.15. The molecular weight excluding hydrogens is 240 g/mol. The van der Waals surface area contributed by atoms with Gasteiger partial charge in [-0.3, -0.25) is 4.90 Å². The smallest absolute Gasteiger partial charge is 0.0332 e. The molecule has 0 saturated carbocycles. The van der Waals surface area contributed by atoms with Crippen LogP contribution < -0.4 is 5.73 Å². The normalized spacial score (nSPS) is 19.5. The average Bonchev–Trinajstić information content (AvgIpc) is 2.88. The van der Waals surface area contributed by atoms with Crippen LogP contribution in [-0.4, -0.2) is 23.5 Å². The second-order valence-corrected chi connectivity index (χ2v) is 6.43. The average molecular weight is 266 g/mol. The number of hydrogen-bond donors (Lipinski definition) is 1. The molecule has 0 saturated heterocycles. The number of hydrogen-bond acceptors (Lipinski definition) is 3. The van der Waals surface area contributed by atoms with Crippen molar-refractivity contribution in [3.05, 3.63) is 21.9 Å². The highest BCUT2D eigenvalue weighted by Crippen LogP contribution is 2.32. The lowest BCUT2D eigenvalue weighted by molar-refractivity contribution is 0.0653. The van der Waals surface area contributed by atoms with Crippen LogP contribution in [-0.2, 0) is 13.0 Å². The maximum Gasteiger partial charge on any atom is 0.0332 e. The fraction of sp³-hybridized carbons (Fsp3) is 0.733. The molecule has 18 heavy (non-hydrogen) atoms. The summed E-state index contributed by atoms with van der Waals surface area (Å²) >= 11 is 1.91. The SMILES string of the molecule is CCCCC(CC)(CN)N1CCc2sccc2C1. The predicted molar refractivity (Wildman–Crippen MR) is 80.0 cm³/mol. The Morgan fingerprint density at radius 3 is 2.94 bits per heavy atom. The summed E-state index contributed by atoms with van der Waals surface area (Å²) < 4.78 is 0. The Kier molecular flexibility index (Phi) is 4.82. The molecule has 0 radical (unpaired) electrons. The number of fused-ring (bicyclic) bond motifs is 1. The number of nitrogens with two attached hydrogens (primary N) is 1. The van der Waals surface area contributed by atoms with Crippen LogP contribution in [0.3, 0.4) is 0 Å². The van der Waals surface area contributed by atoms with Crippen molar-refractivity contribution in [1.82, 2.24) is 4.90 Å². The van der Waals surface area contributed by atoms with Gasteiger partial charge in [-0.1, -0.05) is 26.7 Å². The minimum Gasteiger partial charge on any atom is -0.329 e. The van der Waals surface area contributed by atoms with Crippen molar-refractivity contribution >= 4 is 11.3 Å². The molecule has 1 aliphatic heterocycles. The van der Waals surface area contributed by atoms with Crippen molar-refractivity contribution in [2.45, 2.75) is 58.0 Å². The molecule has 1 aromatic heterocycles. The van der Waals surface area contributed by atoms with Gasteiger partial charge in [0.25, 0.3) is 0 Å². The fourth-order valence-corrected chi connectivity index (χ4v) is 3.98. The van der Waals surface area contributed by atoms with Gasteiger partial charge in [-0.15, -0.1) is 11.3 Å². The number of thiophene rings is 1. The van der Waals surface area contributed by atoms with Crippen molar-refractivity contribution in [3.63, 3.8) is 0 Å². The minimum atomic E-state index is 0.232. The first-order valence-corrected chi connectivity index (χ1v) is 8.14. The Balaban J connectivity index is 2.12. The second kappa shape index (κ2) is 6.18. The number of nitrogens with zero attached hydrogens (tertiary/aromatic N) is 1. The molecule has 0 bridgehead atoms. The zero-order valence-electron chi connectivity index (χ0n) is 11.7. The molecule has 1 aliphatic rings. The van der Waals surface area contributed by atoms with Crippen molar-refractivity contribution < 1.29 is 0 Å². The van der Waals surface area contributed by atoms with Crippen LogP contribution in [0.1, 0.15) is 50.0 Å². The summed E-state index contributed by atoms with van der Waals surface area (Å²) in [6.07, 6.45) is 6.18. The Labute approximate surface area is 115 Å². The molecule has 102 valence electrons. The Hall–Kier alpha value is -0.380. The minimum absolute atomic E-state index is 0.232. The third-order valence-electron chi connectivity index (χ3n) is 4.51. The first kappa shape index (κ1) is 14.0. The Morgan fingerprint density at radius 2 is 2.28 bits per heavy atom. The largest absolute Gasteiger partial charge is 0.329 e. The van der Waals surface area contributed by atoms with E-state index in [1.54, 1.807) is 4.88 Å². The van der Waals surface area contributed by atoms with Gasteiger partial charge in [0.2, 0.25) is 0 Å². The molecule has 1 unspecified atom stereocenters. The summed E-state index contributed by atoms with van der Waals surface area (Å²) in [4.78, 5) is 4.24. The molecule has 0 aliphatic carbocycles. The zero-order valence-corrected chi connectivity index (χ0v) is 12.6. The molecule has 2 heterocycles. The lowest BCUT2D eigenvalue weighted by Crippen LogP contribution is -2.54. The van der Waals surface area contributed by atoms with Crippen LogP contribution in [0.4, 0.5) is 0 Å². The lowest BCUT2D eigenvalue weighted by atomic mass is 9.86. The predicted octanol–water partition coefficient (Wildman–Crippen LogP) is 3.40. The van der Waals surface area contributed by atoms with Gasteiger partial charge in [0.15, 0.2) is 0 Å². The molecular formula is C15H26N2S. The first-order chi connectivity index (χ1) is 8.75. The third kappa shape index (κ3) is 2.63. The van der Waals surface area contributed by atoms with E-state index in [1.807, 2.05) is 11.3 Å². The molecule has 0 spiro atoms. The zero-order chi connectivity index (χ0) is 13.0. The van der Waals surface area contributed by atoms with Gasteiger partial charge in [0, 0.05) is 30.1 Å². The van der Waals surface area contributed by atoms with Gasteiger partial charge in [-0.25, -0.2) is 0 Å². The number of unbranched alkanes of at least 4 members (excludes halogenated alkanes) is 1. The summed E-state index contributed by atoms with van der Waals surface area (Å²) in [7, 11) is 0. The van der Waals surface area contributed by atoms with E-state index in [0.29, 0.717) is 0 Å².